The standard InChI is InChI=1S/C23H19N3O2S2/c1-3-12-25-22(27)20(30-23(25)29)14-17-15-26(18-9-5-4-6-10-18)24-21(17)16-8-7-11-19(13-16)28-2/h3-11,13-15H,1,12H2,2H3/b20-14-. The van der Waals surface area contributed by atoms with Crippen LogP contribution in [0, 0.1) is 0 Å². The summed E-state index contributed by atoms with van der Waals surface area (Å²) in [5.41, 5.74) is 3.41. The van der Waals surface area contributed by atoms with Crippen molar-refractivity contribution in [3.05, 3.63) is 83.9 Å². The summed E-state index contributed by atoms with van der Waals surface area (Å²) in [6.45, 7) is 4.10. The molecule has 0 saturated carbocycles. The molecule has 0 atom stereocenters. The van der Waals surface area contributed by atoms with Gasteiger partial charge in [-0.05, 0) is 30.3 Å². The number of hydrogen-bond donors (Lipinski definition) is 0. The minimum absolute atomic E-state index is 0.117. The van der Waals surface area contributed by atoms with Crippen LogP contribution < -0.4 is 4.74 Å². The normalized spacial score (nSPS) is 15.1. The Morgan fingerprint density at radius 3 is 2.73 bits per heavy atom. The lowest BCUT2D eigenvalue weighted by Gasteiger charge is -2.10. The Morgan fingerprint density at radius 1 is 1.20 bits per heavy atom. The van der Waals surface area contributed by atoms with Crippen LogP contribution in [0.25, 0.3) is 23.0 Å². The third kappa shape index (κ3) is 3.94. The maximum atomic E-state index is 12.8. The molecule has 0 aliphatic carbocycles. The second kappa shape index (κ2) is 8.69. The van der Waals surface area contributed by atoms with E-state index in [1.54, 1.807) is 18.1 Å². The zero-order valence-electron chi connectivity index (χ0n) is 16.3. The van der Waals surface area contributed by atoms with Crippen LogP contribution in [0.3, 0.4) is 0 Å². The van der Waals surface area contributed by atoms with Crippen molar-refractivity contribution in [2.75, 3.05) is 13.7 Å². The summed E-state index contributed by atoms with van der Waals surface area (Å²) in [5, 5.41) is 4.80. The summed E-state index contributed by atoms with van der Waals surface area (Å²) >= 11 is 6.65. The van der Waals surface area contributed by atoms with E-state index in [1.165, 1.54) is 11.8 Å². The van der Waals surface area contributed by atoms with E-state index in [1.807, 2.05) is 71.6 Å². The number of carbonyl (C=O) groups excluding carboxylic acids is 1. The SMILES string of the molecule is C=CCN1C(=O)/C(=C/c2cn(-c3ccccc3)nc2-c2cccc(OC)c2)SC1=S. The smallest absolute Gasteiger partial charge is 0.266 e. The van der Waals surface area contributed by atoms with Crippen molar-refractivity contribution in [1.82, 2.24) is 14.7 Å². The molecule has 0 radical (unpaired) electrons. The highest BCUT2D eigenvalue weighted by Gasteiger charge is 2.31. The van der Waals surface area contributed by atoms with Gasteiger partial charge in [-0.1, -0.05) is 60.4 Å². The first kappa shape index (κ1) is 20.1. The fourth-order valence-corrected chi connectivity index (χ4v) is 4.39. The summed E-state index contributed by atoms with van der Waals surface area (Å²) in [4.78, 5) is 14.9. The molecule has 1 saturated heterocycles. The Kier molecular flexibility index (Phi) is 5.83. The largest absolute Gasteiger partial charge is 0.497 e. The molecule has 1 aliphatic rings. The zero-order chi connectivity index (χ0) is 21.1. The van der Waals surface area contributed by atoms with E-state index in [-0.39, 0.29) is 5.91 Å². The van der Waals surface area contributed by atoms with Gasteiger partial charge < -0.3 is 4.74 Å². The summed E-state index contributed by atoms with van der Waals surface area (Å²) in [6.07, 6.45) is 5.44. The molecular weight excluding hydrogens is 414 g/mol. The zero-order valence-corrected chi connectivity index (χ0v) is 18.0. The van der Waals surface area contributed by atoms with Gasteiger partial charge in [0.1, 0.15) is 15.8 Å². The topological polar surface area (TPSA) is 47.4 Å². The summed E-state index contributed by atoms with van der Waals surface area (Å²) < 4.78 is 7.71. The minimum atomic E-state index is -0.117. The number of thiocarbonyl (C=S) groups is 1. The van der Waals surface area contributed by atoms with Crippen LogP contribution in [0.5, 0.6) is 5.75 Å². The highest BCUT2D eigenvalue weighted by molar-refractivity contribution is 8.26. The summed E-state index contributed by atoms with van der Waals surface area (Å²) in [7, 11) is 1.63. The quantitative estimate of drug-likeness (QED) is 0.313. The molecule has 1 aromatic heterocycles. The number of ether oxygens (including phenoxy) is 1. The fraction of sp³-hybridized carbons (Fsp3) is 0.0870. The summed E-state index contributed by atoms with van der Waals surface area (Å²) in [6, 6.07) is 17.6. The Labute approximate surface area is 184 Å². The van der Waals surface area contributed by atoms with Crippen LogP contribution in [0.2, 0.25) is 0 Å². The van der Waals surface area contributed by atoms with E-state index in [2.05, 4.69) is 6.58 Å². The lowest BCUT2D eigenvalue weighted by molar-refractivity contribution is -0.121. The average molecular weight is 434 g/mol. The van der Waals surface area contributed by atoms with Crippen LogP contribution in [0.15, 0.2) is 78.4 Å². The number of benzene rings is 2. The number of thioether (sulfide) groups is 1. The fourth-order valence-electron chi connectivity index (χ4n) is 3.13. The maximum Gasteiger partial charge on any atom is 0.266 e. The number of nitrogens with zero attached hydrogens (tertiary/aromatic N) is 3. The van der Waals surface area contributed by atoms with Crippen molar-refractivity contribution >= 4 is 40.3 Å². The van der Waals surface area contributed by atoms with E-state index in [0.29, 0.717) is 15.8 Å². The van der Waals surface area contributed by atoms with Crippen LogP contribution in [0.4, 0.5) is 0 Å². The first-order valence-electron chi connectivity index (χ1n) is 9.26. The Balaban J connectivity index is 1.82. The highest BCUT2D eigenvalue weighted by atomic mass is 32.2. The van der Waals surface area contributed by atoms with Gasteiger partial charge in [-0.2, -0.15) is 5.10 Å². The molecule has 2 heterocycles. The van der Waals surface area contributed by atoms with Crippen LogP contribution >= 0.6 is 24.0 Å². The highest BCUT2D eigenvalue weighted by Crippen LogP contribution is 2.35. The molecule has 3 aromatic rings. The molecule has 1 amide bonds. The lowest BCUT2D eigenvalue weighted by atomic mass is 10.1. The van der Waals surface area contributed by atoms with Gasteiger partial charge >= 0.3 is 0 Å². The molecule has 2 aromatic carbocycles. The van der Waals surface area contributed by atoms with Crippen molar-refractivity contribution < 1.29 is 9.53 Å². The molecule has 0 unspecified atom stereocenters. The van der Waals surface area contributed by atoms with Crippen molar-refractivity contribution in [2.24, 2.45) is 0 Å². The predicted octanol–water partition coefficient (Wildman–Crippen LogP) is 4.94. The van der Waals surface area contributed by atoms with Crippen molar-refractivity contribution in [3.8, 4) is 22.7 Å². The van der Waals surface area contributed by atoms with E-state index in [9.17, 15) is 4.79 Å². The van der Waals surface area contributed by atoms with Gasteiger partial charge in [0.05, 0.1) is 17.7 Å². The van der Waals surface area contributed by atoms with Crippen molar-refractivity contribution in [1.29, 1.82) is 0 Å². The molecular formula is C23H19N3O2S2. The Morgan fingerprint density at radius 2 is 2.00 bits per heavy atom. The van der Waals surface area contributed by atoms with Gasteiger partial charge in [-0.15, -0.1) is 6.58 Å². The molecule has 4 rings (SSSR count). The van der Waals surface area contributed by atoms with Crippen LogP contribution in [0.1, 0.15) is 5.56 Å². The van der Waals surface area contributed by atoms with Gasteiger partial charge in [0.2, 0.25) is 0 Å². The van der Waals surface area contributed by atoms with E-state index >= 15 is 0 Å². The molecule has 150 valence electrons. The van der Waals surface area contributed by atoms with Crippen LogP contribution in [-0.4, -0.2) is 38.6 Å². The first-order valence-corrected chi connectivity index (χ1v) is 10.5. The third-order valence-electron chi connectivity index (χ3n) is 4.58. The number of hydrogen-bond acceptors (Lipinski definition) is 5. The molecule has 0 N–H and O–H groups in total. The van der Waals surface area contributed by atoms with E-state index < -0.39 is 0 Å². The number of methoxy groups -OCH3 is 1. The number of para-hydroxylation sites is 1. The molecule has 0 bridgehead atoms. The predicted molar refractivity (Wildman–Crippen MR) is 126 cm³/mol. The number of carbonyl (C=O) groups is 1. The van der Waals surface area contributed by atoms with Gasteiger partial charge in [-0.25, -0.2) is 4.68 Å². The van der Waals surface area contributed by atoms with E-state index in [0.717, 1.165) is 28.3 Å². The Bertz CT molecular complexity index is 1150. The Hall–Kier alpha value is -3.16. The number of amides is 1. The average Bonchev–Trinajstić information content (AvgIpc) is 3.31. The first-order chi connectivity index (χ1) is 14.6. The van der Waals surface area contributed by atoms with Crippen molar-refractivity contribution in [3.63, 3.8) is 0 Å². The third-order valence-corrected chi connectivity index (χ3v) is 5.96. The van der Waals surface area contributed by atoms with Gasteiger partial charge in [0, 0.05) is 23.9 Å². The molecule has 1 aliphatic heterocycles. The molecule has 0 spiro atoms. The number of rotatable bonds is 6. The second-order valence-electron chi connectivity index (χ2n) is 6.53. The molecule has 5 nitrogen and oxygen atoms in total. The van der Waals surface area contributed by atoms with Gasteiger partial charge in [-0.3, -0.25) is 9.69 Å². The van der Waals surface area contributed by atoms with Gasteiger partial charge in [0.25, 0.3) is 5.91 Å². The lowest BCUT2D eigenvalue weighted by Crippen LogP contribution is -2.27. The van der Waals surface area contributed by atoms with Crippen molar-refractivity contribution in [2.45, 2.75) is 0 Å². The summed E-state index contributed by atoms with van der Waals surface area (Å²) in [5.74, 6) is 0.624. The monoisotopic (exact) mass is 433 g/mol. The van der Waals surface area contributed by atoms with E-state index in [4.69, 9.17) is 22.1 Å². The maximum absolute atomic E-state index is 12.8. The van der Waals surface area contributed by atoms with Gasteiger partial charge in [0.15, 0.2) is 0 Å². The molecule has 7 heteroatoms. The second-order valence-corrected chi connectivity index (χ2v) is 8.20. The minimum Gasteiger partial charge on any atom is -0.497 e. The molecule has 30 heavy (non-hydrogen) atoms. The molecule has 1 fully saturated rings. The number of aromatic nitrogens is 2. The van der Waals surface area contributed by atoms with Crippen LogP contribution in [-0.2, 0) is 4.79 Å².